The second-order valence-electron chi connectivity index (χ2n) is 5.60. The van der Waals surface area contributed by atoms with Crippen molar-refractivity contribution in [3.8, 4) is 0 Å². The zero-order valence-corrected chi connectivity index (χ0v) is 13.0. The molecule has 0 saturated carbocycles. The molecule has 4 rings (SSSR count). The fraction of sp³-hybridized carbons (Fsp3) is 0. The number of hydrogen-bond donors (Lipinski definition) is 3. The predicted octanol–water partition coefficient (Wildman–Crippen LogP) is 3.34. The van der Waals surface area contributed by atoms with Gasteiger partial charge in [-0.25, -0.2) is 4.79 Å². The lowest BCUT2D eigenvalue weighted by Crippen LogP contribution is -2.05. The Hall–Kier alpha value is -3.67. The molecule has 0 atom stereocenters. The summed E-state index contributed by atoms with van der Waals surface area (Å²) in [6.07, 6.45) is 3.34. The van der Waals surface area contributed by atoms with Crippen molar-refractivity contribution >= 4 is 39.7 Å². The number of anilines is 2. The van der Waals surface area contributed by atoms with Gasteiger partial charge in [0, 0.05) is 34.7 Å². The SMILES string of the molecule is O=C1Nc2ccc3ncccc3c2/C1=C/Nc1ccc(C(=O)O)cc1. The molecule has 0 radical (unpaired) electrons. The number of carboxylic acids is 1. The predicted molar refractivity (Wildman–Crippen MR) is 95.4 cm³/mol. The number of nitrogens with one attached hydrogen (secondary N) is 2. The molecule has 1 aliphatic rings. The number of carbonyl (C=O) groups excluding carboxylic acids is 1. The fourth-order valence-electron chi connectivity index (χ4n) is 2.85. The molecule has 0 fully saturated rings. The first kappa shape index (κ1) is 14.9. The standard InChI is InChI=1S/C19H13N3O3/c23-18-14(10-21-12-5-3-11(4-6-12)19(24)25)17-13-2-1-9-20-15(13)7-8-16(17)22-18/h1-10,21H,(H,22,23)(H,24,25)/b14-10-. The van der Waals surface area contributed by atoms with E-state index in [0.717, 1.165) is 22.2 Å². The van der Waals surface area contributed by atoms with Gasteiger partial charge in [-0.1, -0.05) is 6.07 Å². The lowest BCUT2D eigenvalue weighted by molar-refractivity contribution is -0.110. The minimum absolute atomic E-state index is 0.194. The molecule has 122 valence electrons. The molecule has 25 heavy (non-hydrogen) atoms. The number of nitrogens with zero attached hydrogens (tertiary/aromatic N) is 1. The summed E-state index contributed by atoms with van der Waals surface area (Å²) in [6, 6.07) is 13.8. The van der Waals surface area contributed by atoms with E-state index in [0.29, 0.717) is 11.3 Å². The van der Waals surface area contributed by atoms with Gasteiger partial charge in [-0.3, -0.25) is 9.78 Å². The van der Waals surface area contributed by atoms with E-state index in [4.69, 9.17) is 5.11 Å². The van der Waals surface area contributed by atoms with Crippen LogP contribution in [-0.4, -0.2) is 22.0 Å². The van der Waals surface area contributed by atoms with Gasteiger partial charge in [0.2, 0.25) is 0 Å². The van der Waals surface area contributed by atoms with Gasteiger partial charge in [-0.05, 0) is 42.5 Å². The van der Waals surface area contributed by atoms with Crippen LogP contribution < -0.4 is 10.6 Å². The van der Waals surface area contributed by atoms with Gasteiger partial charge in [0.25, 0.3) is 5.91 Å². The summed E-state index contributed by atoms with van der Waals surface area (Å²) in [6.45, 7) is 0. The van der Waals surface area contributed by atoms with Crippen molar-refractivity contribution in [1.29, 1.82) is 0 Å². The maximum atomic E-state index is 12.3. The Morgan fingerprint density at radius 2 is 1.92 bits per heavy atom. The first-order chi connectivity index (χ1) is 12.1. The van der Waals surface area contributed by atoms with Crippen LogP contribution >= 0.6 is 0 Å². The molecule has 0 spiro atoms. The van der Waals surface area contributed by atoms with Crippen LogP contribution in [0, 0.1) is 0 Å². The lowest BCUT2D eigenvalue weighted by atomic mass is 10.0. The second kappa shape index (κ2) is 5.76. The van der Waals surface area contributed by atoms with Crippen molar-refractivity contribution in [2.75, 3.05) is 10.6 Å². The highest BCUT2D eigenvalue weighted by Crippen LogP contribution is 2.36. The van der Waals surface area contributed by atoms with Crippen LogP contribution in [-0.2, 0) is 4.79 Å². The first-order valence-corrected chi connectivity index (χ1v) is 7.63. The molecule has 3 aromatic rings. The van der Waals surface area contributed by atoms with Gasteiger partial charge >= 0.3 is 5.97 Å². The number of benzene rings is 2. The van der Waals surface area contributed by atoms with Crippen molar-refractivity contribution in [3.05, 3.63) is 72.1 Å². The third-order valence-corrected chi connectivity index (χ3v) is 4.06. The monoisotopic (exact) mass is 331 g/mol. The van der Waals surface area contributed by atoms with Crippen LogP contribution in [0.15, 0.2) is 60.9 Å². The van der Waals surface area contributed by atoms with Gasteiger partial charge in [0.15, 0.2) is 0 Å². The normalized spacial score (nSPS) is 14.4. The largest absolute Gasteiger partial charge is 0.478 e. The summed E-state index contributed by atoms with van der Waals surface area (Å²) in [7, 11) is 0. The molecule has 1 amide bonds. The number of fused-ring (bicyclic) bond motifs is 3. The van der Waals surface area contributed by atoms with Gasteiger partial charge in [-0.2, -0.15) is 0 Å². The lowest BCUT2D eigenvalue weighted by Gasteiger charge is -2.06. The molecule has 0 bridgehead atoms. The zero-order chi connectivity index (χ0) is 17.4. The molecule has 6 nitrogen and oxygen atoms in total. The maximum absolute atomic E-state index is 12.3. The average molecular weight is 331 g/mol. The third kappa shape index (κ3) is 2.59. The number of carbonyl (C=O) groups is 2. The summed E-state index contributed by atoms with van der Waals surface area (Å²) in [5.41, 5.74) is 3.78. The van der Waals surface area contributed by atoms with E-state index in [1.807, 2.05) is 24.3 Å². The minimum Gasteiger partial charge on any atom is -0.478 e. The van der Waals surface area contributed by atoms with E-state index in [-0.39, 0.29) is 11.5 Å². The Morgan fingerprint density at radius 1 is 1.12 bits per heavy atom. The van der Waals surface area contributed by atoms with Crippen LogP contribution in [0.4, 0.5) is 11.4 Å². The Kier molecular flexibility index (Phi) is 3.43. The number of aromatic nitrogens is 1. The van der Waals surface area contributed by atoms with Gasteiger partial charge < -0.3 is 15.7 Å². The third-order valence-electron chi connectivity index (χ3n) is 4.06. The van der Waals surface area contributed by atoms with Gasteiger partial charge in [0.1, 0.15) is 0 Å². The molecule has 0 aliphatic carbocycles. The van der Waals surface area contributed by atoms with Crippen molar-refractivity contribution in [2.24, 2.45) is 0 Å². The summed E-state index contributed by atoms with van der Waals surface area (Å²) < 4.78 is 0. The van der Waals surface area contributed by atoms with E-state index in [1.165, 1.54) is 12.1 Å². The Morgan fingerprint density at radius 3 is 2.68 bits per heavy atom. The molecular weight excluding hydrogens is 318 g/mol. The highest BCUT2D eigenvalue weighted by atomic mass is 16.4. The molecule has 1 aliphatic heterocycles. The van der Waals surface area contributed by atoms with Crippen molar-refractivity contribution in [3.63, 3.8) is 0 Å². The minimum atomic E-state index is -0.979. The van der Waals surface area contributed by atoms with Gasteiger partial charge in [0.05, 0.1) is 16.7 Å². The molecule has 6 heteroatoms. The second-order valence-corrected chi connectivity index (χ2v) is 5.60. The average Bonchev–Trinajstić information content (AvgIpc) is 2.96. The number of amides is 1. The number of rotatable bonds is 3. The molecule has 0 unspecified atom stereocenters. The number of pyridine rings is 1. The summed E-state index contributed by atoms with van der Waals surface area (Å²) >= 11 is 0. The smallest absolute Gasteiger partial charge is 0.335 e. The van der Waals surface area contributed by atoms with Crippen LogP contribution in [0.5, 0.6) is 0 Å². The molecule has 2 heterocycles. The van der Waals surface area contributed by atoms with Crippen LogP contribution in [0.3, 0.4) is 0 Å². The molecule has 1 aromatic heterocycles. The highest BCUT2D eigenvalue weighted by molar-refractivity contribution is 6.34. The van der Waals surface area contributed by atoms with E-state index >= 15 is 0 Å². The molecule has 0 saturated heterocycles. The summed E-state index contributed by atoms with van der Waals surface area (Å²) in [5, 5.41) is 15.7. The quantitative estimate of drug-likeness (QED) is 0.640. The van der Waals surface area contributed by atoms with E-state index in [9.17, 15) is 9.59 Å². The van der Waals surface area contributed by atoms with Crippen molar-refractivity contribution in [2.45, 2.75) is 0 Å². The van der Waals surface area contributed by atoms with E-state index < -0.39 is 5.97 Å². The van der Waals surface area contributed by atoms with Crippen LogP contribution in [0.25, 0.3) is 16.5 Å². The van der Waals surface area contributed by atoms with Crippen molar-refractivity contribution < 1.29 is 14.7 Å². The first-order valence-electron chi connectivity index (χ1n) is 7.63. The van der Waals surface area contributed by atoms with Crippen LogP contribution in [0.2, 0.25) is 0 Å². The molecule has 2 aromatic carbocycles. The van der Waals surface area contributed by atoms with E-state index in [2.05, 4.69) is 15.6 Å². The van der Waals surface area contributed by atoms with Gasteiger partial charge in [-0.15, -0.1) is 0 Å². The van der Waals surface area contributed by atoms with Crippen LogP contribution in [0.1, 0.15) is 15.9 Å². The van der Waals surface area contributed by atoms with E-state index in [1.54, 1.807) is 24.5 Å². The Labute approximate surface area is 142 Å². The topological polar surface area (TPSA) is 91.3 Å². The zero-order valence-electron chi connectivity index (χ0n) is 13.0. The summed E-state index contributed by atoms with van der Waals surface area (Å²) in [4.78, 5) is 27.5. The fourth-order valence-corrected chi connectivity index (χ4v) is 2.85. The number of carboxylic acid groups (broad SMARTS) is 1. The number of aromatic carboxylic acids is 1. The molecular formula is C19H13N3O3. The Balaban J connectivity index is 1.72. The van der Waals surface area contributed by atoms with Crippen molar-refractivity contribution in [1.82, 2.24) is 4.98 Å². The summed E-state index contributed by atoms with van der Waals surface area (Å²) in [5.74, 6) is -1.17. The molecule has 3 N–H and O–H groups in total. The number of hydrogen-bond acceptors (Lipinski definition) is 4. The maximum Gasteiger partial charge on any atom is 0.335 e. The Bertz CT molecular complexity index is 1040. The highest BCUT2D eigenvalue weighted by Gasteiger charge is 2.26.